The molecule has 0 heterocycles. The van der Waals surface area contributed by atoms with E-state index in [1.54, 1.807) is 17.9 Å². The van der Waals surface area contributed by atoms with Crippen molar-refractivity contribution in [2.24, 2.45) is 0 Å². The number of ether oxygens (including phenoxy) is 1. The number of hydrogen-bond acceptors (Lipinski definition) is 4. The Balaban J connectivity index is 2.21. The highest BCUT2D eigenvalue weighted by Gasteiger charge is 2.35. The third kappa shape index (κ3) is 3.10. The Morgan fingerprint density at radius 3 is 2.65 bits per heavy atom. The van der Waals surface area contributed by atoms with Crippen LogP contribution in [0.25, 0.3) is 0 Å². The summed E-state index contributed by atoms with van der Waals surface area (Å²) in [5, 5.41) is 0. The van der Waals surface area contributed by atoms with Crippen molar-refractivity contribution >= 4 is 17.6 Å². The number of carbonyl (C=O) groups is 2. The molecule has 2 rings (SSSR count). The molecule has 0 unspecified atom stereocenters. The van der Waals surface area contributed by atoms with Crippen molar-refractivity contribution in [2.75, 3.05) is 18.9 Å². The van der Waals surface area contributed by atoms with Gasteiger partial charge >= 0.3 is 5.97 Å². The van der Waals surface area contributed by atoms with E-state index in [1.165, 1.54) is 0 Å². The number of nitrogen functional groups attached to an aromatic ring is 1. The van der Waals surface area contributed by atoms with Gasteiger partial charge in [0, 0.05) is 11.7 Å². The standard InChI is InChI=1S/C15H20N2O3/c1-3-20-13(18)9-17(11-7-8-11)15(19)14-10(2)5-4-6-12(14)16/h4-6,11H,3,7-9,16H2,1-2H3. The summed E-state index contributed by atoms with van der Waals surface area (Å²) in [6.45, 7) is 3.91. The van der Waals surface area contributed by atoms with E-state index in [-0.39, 0.29) is 24.5 Å². The van der Waals surface area contributed by atoms with Gasteiger partial charge in [0.25, 0.3) is 5.91 Å². The molecule has 1 aliphatic rings. The number of esters is 1. The first-order valence-electron chi connectivity index (χ1n) is 6.86. The molecule has 0 spiro atoms. The largest absolute Gasteiger partial charge is 0.465 e. The van der Waals surface area contributed by atoms with Gasteiger partial charge in [0.1, 0.15) is 6.54 Å². The zero-order valence-corrected chi connectivity index (χ0v) is 11.9. The lowest BCUT2D eigenvalue weighted by atomic mass is 10.1. The number of nitrogens with zero attached hydrogens (tertiary/aromatic N) is 1. The first-order chi connectivity index (χ1) is 9.54. The second kappa shape index (κ2) is 5.94. The number of anilines is 1. The monoisotopic (exact) mass is 276 g/mol. The number of benzene rings is 1. The van der Waals surface area contributed by atoms with E-state index in [1.807, 2.05) is 19.1 Å². The van der Waals surface area contributed by atoms with Gasteiger partial charge in [-0.15, -0.1) is 0 Å². The third-order valence-corrected chi connectivity index (χ3v) is 3.37. The number of rotatable bonds is 5. The second-order valence-corrected chi connectivity index (χ2v) is 5.01. The molecule has 1 aromatic carbocycles. The smallest absolute Gasteiger partial charge is 0.325 e. The second-order valence-electron chi connectivity index (χ2n) is 5.01. The quantitative estimate of drug-likeness (QED) is 0.657. The van der Waals surface area contributed by atoms with Crippen LogP contribution < -0.4 is 5.73 Å². The number of nitrogens with two attached hydrogens (primary N) is 1. The van der Waals surface area contributed by atoms with Gasteiger partial charge < -0.3 is 15.4 Å². The van der Waals surface area contributed by atoms with E-state index in [9.17, 15) is 9.59 Å². The number of amides is 1. The molecular weight excluding hydrogens is 256 g/mol. The predicted octanol–water partition coefficient (Wildman–Crippen LogP) is 1.74. The molecule has 0 aliphatic heterocycles. The maximum Gasteiger partial charge on any atom is 0.325 e. The van der Waals surface area contributed by atoms with Crippen LogP contribution >= 0.6 is 0 Å². The fourth-order valence-corrected chi connectivity index (χ4v) is 2.22. The third-order valence-electron chi connectivity index (χ3n) is 3.37. The van der Waals surface area contributed by atoms with Crippen LogP contribution in [-0.2, 0) is 9.53 Å². The van der Waals surface area contributed by atoms with Gasteiger partial charge in [0.05, 0.1) is 12.2 Å². The Bertz CT molecular complexity index is 504. The zero-order valence-electron chi connectivity index (χ0n) is 11.9. The highest BCUT2D eigenvalue weighted by Crippen LogP contribution is 2.30. The molecule has 0 bridgehead atoms. The first-order valence-corrected chi connectivity index (χ1v) is 6.86. The lowest BCUT2D eigenvalue weighted by Gasteiger charge is -2.23. The molecule has 1 aromatic rings. The minimum atomic E-state index is -0.375. The van der Waals surface area contributed by atoms with E-state index in [0.717, 1.165) is 18.4 Å². The molecule has 0 atom stereocenters. The fourth-order valence-electron chi connectivity index (χ4n) is 2.22. The highest BCUT2D eigenvalue weighted by molar-refractivity contribution is 6.02. The van der Waals surface area contributed by atoms with Crippen molar-refractivity contribution in [1.82, 2.24) is 4.90 Å². The minimum Gasteiger partial charge on any atom is -0.465 e. The Kier molecular flexibility index (Phi) is 4.27. The van der Waals surface area contributed by atoms with E-state index in [4.69, 9.17) is 10.5 Å². The van der Waals surface area contributed by atoms with Gasteiger partial charge in [0.2, 0.25) is 0 Å². The van der Waals surface area contributed by atoms with Crippen LogP contribution in [0, 0.1) is 6.92 Å². The van der Waals surface area contributed by atoms with Gasteiger partial charge in [-0.3, -0.25) is 9.59 Å². The SMILES string of the molecule is CCOC(=O)CN(C(=O)c1c(C)cccc1N)C1CC1. The molecule has 1 amide bonds. The average molecular weight is 276 g/mol. The summed E-state index contributed by atoms with van der Waals surface area (Å²) in [4.78, 5) is 25.9. The Morgan fingerprint density at radius 2 is 2.10 bits per heavy atom. The van der Waals surface area contributed by atoms with E-state index < -0.39 is 0 Å². The summed E-state index contributed by atoms with van der Waals surface area (Å²) < 4.78 is 4.93. The van der Waals surface area contributed by atoms with Crippen molar-refractivity contribution in [2.45, 2.75) is 32.7 Å². The molecular formula is C15H20N2O3. The Morgan fingerprint density at radius 1 is 1.40 bits per heavy atom. The maximum atomic E-state index is 12.6. The van der Waals surface area contributed by atoms with E-state index in [2.05, 4.69) is 0 Å². The van der Waals surface area contributed by atoms with Crippen LogP contribution in [0.2, 0.25) is 0 Å². The van der Waals surface area contributed by atoms with Crippen LogP contribution in [-0.4, -0.2) is 36.0 Å². The molecule has 1 fully saturated rings. The number of aryl methyl sites for hydroxylation is 1. The molecule has 2 N–H and O–H groups in total. The molecule has 5 nitrogen and oxygen atoms in total. The van der Waals surface area contributed by atoms with Gasteiger partial charge in [-0.1, -0.05) is 12.1 Å². The van der Waals surface area contributed by atoms with Crippen LogP contribution in [0.1, 0.15) is 35.7 Å². The minimum absolute atomic E-state index is 0.00882. The Hall–Kier alpha value is -2.04. The molecule has 108 valence electrons. The van der Waals surface area contributed by atoms with Gasteiger partial charge in [0.15, 0.2) is 0 Å². The van der Waals surface area contributed by atoms with Crippen molar-refractivity contribution < 1.29 is 14.3 Å². The fraction of sp³-hybridized carbons (Fsp3) is 0.467. The van der Waals surface area contributed by atoms with Gasteiger partial charge in [-0.2, -0.15) is 0 Å². The predicted molar refractivity (Wildman–Crippen MR) is 76.3 cm³/mol. The first kappa shape index (κ1) is 14.4. The number of hydrogen-bond donors (Lipinski definition) is 1. The van der Waals surface area contributed by atoms with Crippen molar-refractivity contribution in [3.05, 3.63) is 29.3 Å². The van der Waals surface area contributed by atoms with Gasteiger partial charge in [-0.25, -0.2) is 0 Å². The van der Waals surface area contributed by atoms with Crippen molar-refractivity contribution in [1.29, 1.82) is 0 Å². The van der Waals surface area contributed by atoms with E-state index >= 15 is 0 Å². The van der Waals surface area contributed by atoms with Crippen molar-refractivity contribution in [3.8, 4) is 0 Å². The van der Waals surface area contributed by atoms with Crippen LogP contribution in [0.4, 0.5) is 5.69 Å². The molecule has 5 heteroatoms. The van der Waals surface area contributed by atoms with Crippen LogP contribution in [0.5, 0.6) is 0 Å². The summed E-state index contributed by atoms with van der Waals surface area (Å²) in [5.41, 5.74) is 7.67. The lowest BCUT2D eigenvalue weighted by Crippen LogP contribution is -2.38. The summed E-state index contributed by atoms with van der Waals surface area (Å²) in [6.07, 6.45) is 1.86. The Labute approximate surface area is 118 Å². The summed E-state index contributed by atoms with van der Waals surface area (Å²) >= 11 is 0. The van der Waals surface area contributed by atoms with E-state index in [0.29, 0.717) is 17.9 Å². The number of carbonyl (C=O) groups excluding carboxylic acids is 2. The average Bonchev–Trinajstić information content (AvgIpc) is 3.20. The zero-order chi connectivity index (χ0) is 14.7. The normalized spacial score (nSPS) is 13.9. The van der Waals surface area contributed by atoms with Crippen molar-refractivity contribution in [3.63, 3.8) is 0 Å². The summed E-state index contributed by atoms with van der Waals surface area (Å²) in [7, 11) is 0. The lowest BCUT2D eigenvalue weighted by molar-refractivity contribution is -0.144. The molecule has 1 saturated carbocycles. The topological polar surface area (TPSA) is 72.6 Å². The summed E-state index contributed by atoms with van der Waals surface area (Å²) in [5.74, 6) is -0.559. The highest BCUT2D eigenvalue weighted by atomic mass is 16.5. The molecule has 20 heavy (non-hydrogen) atoms. The van der Waals surface area contributed by atoms with Crippen LogP contribution in [0.3, 0.4) is 0 Å². The van der Waals surface area contributed by atoms with Crippen LogP contribution in [0.15, 0.2) is 18.2 Å². The molecule has 1 aliphatic carbocycles. The molecule has 0 aromatic heterocycles. The summed E-state index contributed by atoms with van der Waals surface area (Å²) in [6, 6.07) is 5.49. The molecule has 0 saturated heterocycles. The molecule has 0 radical (unpaired) electrons. The van der Waals surface area contributed by atoms with Gasteiger partial charge in [-0.05, 0) is 38.3 Å². The maximum absolute atomic E-state index is 12.6.